The Morgan fingerprint density at radius 1 is 1.07 bits per heavy atom. The molecule has 0 unspecified atom stereocenters. The first kappa shape index (κ1) is 17.0. The van der Waals surface area contributed by atoms with Crippen molar-refractivity contribution in [2.45, 2.75) is 19.4 Å². The summed E-state index contributed by atoms with van der Waals surface area (Å²) in [6, 6.07) is 16.8. The van der Waals surface area contributed by atoms with Gasteiger partial charge >= 0.3 is 5.97 Å². The Morgan fingerprint density at radius 3 is 2.63 bits per heavy atom. The molecule has 1 fully saturated rings. The van der Waals surface area contributed by atoms with Gasteiger partial charge in [0.15, 0.2) is 0 Å². The van der Waals surface area contributed by atoms with Crippen molar-refractivity contribution in [3.8, 4) is 5.69 Å². The van der Waals surface area contributed by atoms with Crippen LogP contribution in [0.15, 0.2) is 67.0 Å². The van der Waals surface area contributed by atoms with E-state index < -0.39 is 5.97 Å². The summed E-state index contributed by atoms with van der Waals surface area (Å²) >= 11 is 0. The van der Waals surface area contributed by atoms with Gasteiger partial charge in [-0.1, -0.05) is 30.3 Å². The van der Waals surface area contributed by atoms with Crippen LogP contribution >= 0.6 is 0 Å². The molecule has 6 heteroatoms. The number of esters is 1. The van der Waals surface area contributed by atoms with Crippen LogP contribution in [0.1, 0.15) is 28.8 Å². The van der Waals surface area contributed by atoms with Crippen LogP contribution in [0.5, 0.6) is 0 Å². The molecule has 27 heavy (non-hydrogen) atoms. The zero-order valence-electron chi connectivity index (χ0n) is 14.7. The van der Waals surface area contributed by atoms with Gasteiger partial charge in [-0.25, -0.2) is 9.48 Å². The third kappa shape index (κ3) is 3.60. The Labute approximate surface area is 157 Å². The molecule has 2 heterocycles. The number of nitrogens with zero attached hydrogens (tertiary/aromatic N) is 3. The van der Waals surface area contributed by atoms with E-state index in [0.717, 1.165) is 17.7 Å². The van der Waals surface area contributed by atoms with E-state index in [2.05, 4.69) is 5.10 Å². The molecule has 0 aliphatic carbocycles. The molecule has 1 saturated heterocycles. The SMILES string of the molecule is O=C(OCc1cnn(-c2ccccc2)c1)c1ccccc1N1CCCC1=O. The highest BCUT2D eigenvalue weighted by atomic mass is 16.5. The van der Waals surface area contributed by atoms with Crippen molar-refractivity contribution in [3.63, 3.8) is 0 Å². The summed E-state index contributed by atoms with van der Waals surface area (Å²) in [6.45, 7) is 0.751. The average Bonchev–Trinajstić information content (AvgIpc) is 3.36. The number of para-hydroxylation sites is 2. The quantitative estimate of drug-likeness (QED) is 0.654. The van der Waals surface area contributed by atoms with Crippen molar-refractivity contribution in [2.75, 3.05) is 11.4 Å². The predicted molar refractivity (Wildman–Crippen MR) is 101 cm³/mol. The average molecular weight is 361 g/mol. The topological polar surface area (TPSA) is 64.4 Å². The highest BCUT2D eigenvalue weighted by Gasteiger charge is 2.26. The lowest BCUT2D eigenvalue weighted by Crippen LogP contribution is -2.26. The maximum atomic E-state index is 12.6. The highest BCUT2D eigenvalue weighted by molar-refractivity contribution is 6.03. The smallest absolute Gasteiger partial charge is 0.340 e. The molecule has 1 aliphatic rings. The molecule has 0 bridgehead atoms. The molecule has 1 aliphatic heterocycles. The van der Waals surface area contributed by atoms with Gasteiger partial charge < -0.3 is 9.64 Å². The molecular formula is C21H19N3O3. The first-order valence-corrected chi connectivity index (χ1v) is 8.88. The van der Waals surface area contributed by atoms with E-state index in [1.807, 2.05) is 42.6 Å². The highest BCUT2D eigenvalue weighted by Crippen LogP contribution is 2.26. The van der Waals surface area contributed by atoms with Crippen LogP contribution < -0.4 is 4.90 Å². The number of hydrogen-bond donors (Lipinski definition) is 0. The molecule has 1 aromatic heterocycles. The summed E-state index contributed by atoms with van der Waals surface area (Å²) in [6.07, 6.45) is 4.83. The Kier molecular flexibility index (Phi) is 4.70. The van der Waals surface area contributed by atoms with Gasteiger partial charge in [-0.05, 0) is 30.7 Å². The van der Waals surface area contributed by atoms with Gasteiger partial charge in [0.1, 0.15) is 6.61 Å². The van der Waals surface area contributed by atoms with Crippen molar-refractivity contribution < 1.29 is 14.3 Å². The molecule has 3 aromatic rings. The van der Waals surface area contributed by atoms with E-state index in [4.69, 9.17) is 4.74 Å². The van der Waals surface area contributed by atoms with E-state index in [1.54, 1.807) is 34.0 Å². The van der Waals surface area contributed by atoms with Crippen LogP contribution in [0.25, 0.3) is 5.69 Å². The molecule has 0 atom stereocenters. The van der Waals surface area contributed by atoms with Crippen molar-refractivity contribution in [3.05, 3.63) is 78.1 Å². The largest absolute Gasteiger partial charge is 0.457 e. The van der Waals surface area contributed by atoms with E-state index >= 15 is 0 Å². The van der Waals surface area contributed by atoms with Crippen LogP contribution in [0.2, 0.25) is 0 Å². The summed E-state index contributed by atoms with van der Waals surface area (Å²) in [5, 5.41) is 4.30. The number of ether oxygens (including phenoxy) is 1. The maximum absolute atomic E-state index is 12.6. The van der Waals surface area contributed by atoms with E-state index in [9.17, 15) is 9.59 Å². The normalized spacial score (nSPS) is 13.8. The van der Waals surface area contributed by atoms with Crippen molar-refractivity contribution >= 4 is 17.6 Å². The number of hydrogen-bond acceptors (Lipinski definition) is 4. The Morgan fingerprint density at radius 2 is 1.85 bits per heavy atom. The molecular weight excluding hydrogens is 342 g/mol. The van der Waals surface area contributed by atoms with Gasteiger partial charge in [-0.3, -0.25) is 4.79 Å². The van der Waals surface area contributed by atoms with E-state index in [1.165, 1.54) is 0 Å². The second-order valence-corrected chi connectivity index (χ2v) is 6.37. The van der Waals surface area contributed by atoms with Gasteiger partial charge in [-0.2, -0.15) is 5.10 Å². The summed E-state index contributed by atoms with van der Waals surface area (Å²) in [5.74, 6) is -0.405. The molecule has 6 nitrogen and oxygen atoms in total. The molecule has 136 valence electrons. The van der Waals surface area contributed by atoms with Crippen LogP contribution in [0.3, 0.4) is 0 Å². The second-order valence-electron chi connectivity index (χ2n) is 6.37. The lowest BCUT2D eigenvalue weighted by atomic mass is 10.1. The third-order valence-electron chi connectivity index (χ3n) is 4.51. The van der Waals surface area contributed by atoms with Crippen molar-refractivity contribution in [1.82, 2.24) is 9.78 Å². The summed E-state index contributed by atoms with van der Waals surface area (Å²) in [4.78, 5) is 26.3. The minimum absolute atomic E-state index is 0.0411. The first-order chi connectivity index (χ1) is 13.2. The number of benzene rings is 2. The minimum Gasteiger partial charge on any atom is -0.457 e. The predicted octanol–water partition coefficient (Wildman–Crippen LogP) is 3.36. The van der Waals surface area contributed by atoms with Gasteiger partial charge in [-0.15, -0.1) is 0 Å². The maximum Gasteiger partial charge on any atom is 0.340 e. The summed E-state index contributed by atoms with van der Waals surface area (Å²) in [5.41, 5.74) is 2.75. The Balaban J connectivity index is 1.46. The van der Waals surface area contributed by atoms with E-state index in [-0.39, 0.29) is 12.5 Å². The molecule has 0 N–H and O–H groups in total. The lowest BCUT2D eigenvalue weighted by Gasteiger charge is -2.18. The van der Waals surface area contributed by atoms with Gasteiger partial charge in [0.05, 0.1) is 23.1 Å². The van der Waals surface area contributed by atoms with Gasteiger partial charge in [0.2, 0.25) is 5.91 Å². The molecule has 0 radical (unpaired) electrons. The van der Waals surface area contributed by atoms with Crippen molar-refractivity contribution in [1.29, 1.82) is 0 Å². The number of rotatable bonds is 5. The fraction of sp³-hybridized carbons (Fsp3) is 0.190. The lowest BCUT2D eigenvalue weighted by molar-refractivity contribution is -0.117. The number of aromatic nitrogens is 2. The Hall–Kier alpha value is -3.41. The molecule has 1 amide bonds. The Bertz CT molecular complexity index is 966. The van der Waals surface area contributed by atoms with Crippen LogP contribution in [-0.4, -0.2) is 28.2 Å². The summed E-state index contributed by atoms with van der Waals surface area (Å²) in [7, 11) is 0. The van der Waals surface area contributed by atoms with E-state index in [0.29, 0.717) is 24.2 Å². The zero-order chi connectivity index (χ0) is 18.6. The molecule has 0 saturated carbocycles. The fourth-order valence-electron chi connectivity index (χ4n) is 3.17. The number of anilines is 1. The van der Waals surface area contributed by atoms with Crippen LogP contribution in [-0.2, 0) is 16.1 Å². The number of amides is 1. The fourth-order valence-corrected chi connectivity index (χ4v) is 3.17. The number of carbonyl (C=O) groups excluding carboxylic acids is 2. The van der Waals surface area contributed by atoms with Crippen molar-refractivity contribution in [2.24, 2.45) is 0 Å². The third-order valence-corrected chi connectivity index (χ3v) is 4.51. The van der Waals surface area contributed by atoms with Gasteiger partial charge in [0.25, 0.3) is 0 Å². The molecule has 4 rings (SSSR count). The minimum atomic E-state index is -0.447. The van der Waals surface area contributed by atoms with Crippen LogP contribution in [0.4, 0.5) is 5.69 Å². The number of carbonyl (C=O) groups is 2. The zero-order valence-corrected chi connectivity index (χ0v) is 14.7. The second kappa shape index (κ2) is 7.45. The van der Waals surface area contributed by atoms with Crippen LogP contribution in [0, 0.1) is 0 Å². The first-order valence-electron chi connectivity index (χ1n) is 8.88. The molecule has 0 spiro atoms. The van der Waals surface area contributed by atoms with Gasteiger partial charge in [0, 0.05) is 24.7 Å². The molecule has 2 aromatic carbocycles. The summed E-state index contributed by atoms with van der Waals surface area (Å²) < 4.78 is 7.20. The monoisotopic (exact) mass is 361 g/mol. The standard InChI is InChI=1S/C21H19N3O3/c25-20-11-6-12-23(20)19-10-5-4-9-18(19)21(26)27-15-16-13-22-24(14-16)17-7-2-1-3-8-17/h1-5,7-10,13-14H,6,11-12,15H2.